The zero-order valence-electron chi connectivity index (χ0n) is 5.17. The largest absolute Gasteiger partial charge is 0.305 e. The van der Waals surface area contributed by atoms with Crippen molar-refractivity contribution in [2.75, 3.05) is 0 Å². The van der Waals surface area contributed by atoms with Gasteiger partial charge in [-0.05, 0) is 18.8 Å². The van der Waals surface area contributed by atoms with Crippen molar-refractivity contribution in [3.05, 3.63) is 0 Å². The summed E-state index contributed by atoms with van der Waals surface area (Å²) >= 11 is 0. The van der Waals surface area contributed by atoms with Gasteiger partial charge in [-0.2, -0.15) is 8.42 Å². The van der Waals surface area contributed by atoms with Crippen molar-refractivity contribution in [3.63, 3.8) is 0 Å². The Morgan fingerprint density at radius 3 is 2.00 bits per heavy atom. The van der Waals surface area contributed by atoms with Crippen molar-refractivity contribution in [1.29, 1.82) is 0 Å². The first kappa shape index (κ1) is 6.99. The highest BCUT2D eigenvalue weighted by molar-refractivity contribution is 7.87. The van der Waals surface area contributed by atoms with E-state index in [0.717, 1.165) is 0 Å². The molecule has 1 fully saturated rings. The average molecular weight is 152 g/mol. The van der Waals surface area contributed by atoms with Crippen molar-refractivity contribution >= 4 is 10.2 Å². The van der Waals surface area contributed by atoms with E-state index in [0.29, 0.717) is 18.8 Å². The molecule has 2 nitrogen and oxygen atoms in total. The molecular weight excluding hydrogens is 143 g/mol. The third kappa shape index (κ3) is 1.41. The first-order valence-corrected chi connectivity index (χ1v) is 4.38. The summed E-state index contributed by atoms with van der Waals surface area (Å²) in [5, 5.41) is -0.688. The van der Waals surface area contributed by atoms with Crippen molar-refractivity contribution < 1.29 is 12.3 Å². The van der Waals surface area contributed by atoms with Crippen LogP contribution in [0.2, 0.25) is 0 Å². The number of hydrogen-bond donors (Lipinski definition) is 0. The van der Waals surface area contributed by atoms with Gasteiger partial charge >= 0.3 is 10.2 Å². The summed E-state index contributed by atoms with van der Waals surface area (Å²) in [7, 11) is -4.20. The van der Waals surface area contributed by atoms with Gasteiger partial charge in [0.15, 0.2) is 0 Å². The summed E-state index contributed by atoms with van der Waals surface area (Å²) < 4.78 is 32.2. The van der Waals surface area contributed by atoms with Crippen LogP contribution in [0.3, 0.4) is 0 Å². The molecule has 0 atom stereocenters. The van der Waals surface area contributed by atoms with Gasteiger partial charge in [-0.15, -0.1) is 3.89 Å². The monoisotopic (exact) mass is 152 g/mol. The predicted molar refractivity (Wildman–Crippen MR) is 32.2 cm³/mol. The normalized spacial score (nSPS) is 35.8. The molecule has 54 valence electrons. The topological polar surface area (TPSA) is 34.1 Å². The molecule has 0 aromatic rings. The second-order valence-electron chi connectivity index (χ2n) is 2.67. The molecule has 0 saturated heterocycles. The Bertz CT molecular complexity index is 191. The fourth-order valence-electron chi connectivity index (χ4n) is 1.06. The molecule has 4 heteroatoms. The fraction of sp³-hybridized carbons (Fsp3) is 1.00. The second kappa shape index (κ2) is 1.94. The number of rotatable bonds is 1. The minimum Gasteiger partial charge on any atom is -0.195 e. The van der Waals surface area contributed by atoms with E-state index in [2.05, 4.69) is 0 Å². The Morgan fingerprint density at radius 1 is 1.44 bits per heavy atom. The zero-order valence-corrected chi connectivity index (χ0v) is 5.99. The van der Waals surface area contributed by atoms with Gasteiger partial charge in [-0.3, -0.25) is 0 Å². The van der Waals surface area contributed by atoms with E-state index in [1.165, 1.54) is 0 Å². The van der Waals surface area contributed by atoms with Crippen LogP contribution in [0.25, 0.3) is 0 Å². The Balaban J connectivity index is 2.51. The smallest absolute Gasteiger partial charge is 0.195 e. The van der Waals surface area contributed by atoms with Gasteiger partial charge in [0.25, 0.3) is 0 Å². The maximum absolute atomic E-state index is 12.0. The molecule has 1 aliphatic carbocycles. The summed E-state index contributed by atoms with van der Waals surface area (Å²) in [4.78, 5) is 0. The standard InChI is InChI=1S/C5H9FO2S/c1-4-2-5(3-4)9(6,7)8/h4-5H,2-3H2,1H3. The van der Waals surface area contributed by atoms with Crippen molar-refractivity contribution in [2.45, 2.75) is 25.0 Å². The first-order chi connectivity index (χ1) is 4.00. The highest BCUT2D eigenvalue weighted by Crippen LogP contribution is 2.32. The van der Waals surface area contributed by atoms with Crippen molar-refractivity contribution in [1.82, 2.24) is 0 Å². The van der Waals surface area contributed by atoms with E-state index >= 15 is 0 Å². The van der Waals surface area contributed by atoms with Crippen molar-refractivity contribution in [3.8, 4) is 0 Å². The maximum Gasteiger partial charge on any atom is 0.305 e. The molecule has 0 bridgehead atoms. The van der Waals surface area contributed by atoms with Gasteiger partial charge in [0, 0.05) is 0 Å². The maximum atomic E-state index is 12.0. The summed E-state index contributed by atoms with van der Waals surface area (Å²) in [6.45, 7) is 1.92. The highest BCUT2D eigenvalue weighted by Gasteiger charge is 2.36. The lowest BCUT2D eigenvalue weighted by atomic mass is 9.87. The molecule has 1 rings (SSSR count). The number of hydrogen-bond acceptors (Lipinski definition) is 2. The molecule has 0 radical (unpaired) electrons. The summed E-state index contributed by atoms with van der Waals surface area (Å²) in [5.74, 6) is 0.389. The molecule has 1 aliphatic rings. The van der Waals surface area contributed by atoms with Gasteiger partial charge in [0.2, 0.25) is 0 Å². The van der Waals surface area contributed by atoms with Crippen LogP contribution in [0.5, 0.6) is 0 Å². The lowest BCUT2D eigenvalue weighted by Gasteiger charge is -2.28. The third-order valence-electron chi connectivity index (χ3n) is 1.73. The van der Waals surface area contributed by atoms with Crippen molar-refractivity contribution in [2.24, 2.45) is 5.92 Å². The van der Waals surface area contributed by atoms with Gasteiger partial charge < -0.3 is 0 Å². The molecule has 0 aromatic carbocycles. The van der Waals surface area contributed by atoms with Crippen LogP contribution in [0.4, 0.5) is 3.89 Å². The molecule has 0 aromatic heterocycles. The Labute approximate surface area is 54.3 Å². The Hall–Kier alpha value is -0.120. The van der Waals surface area contributed by atoms with Gasteiger partial charge in [0.1, 0.15) is 0 Å². The van der Waals surface area contributed by atoms with Crippen LogP contribution in [0.1, 0.15) is 19.8 Å². The quantitative estimate of drug-likeness (QED) is 0.527. The molecular formula is C5H9FO2S. The fourth-order valence-corrected chi connectivity index (χ4v) is 2.18. The number of halogens is 1. The Kier molecular flexibility index (Phi) is 1.50. The summed E-state index contributed by atoms with van der Waals surface area (Å²) in [6.07, 6.45) is 0.998. The van der Waals surface area contributed by atoms with Gasteiger partial charge in [-0.25, -0.2) is 0 Å². The lowest BCUT2D eigenvalue weighted by molar-refractivity contribution is 0.335. The van der Waals surface area contributed by atoms with Crippen LogP contribution in [0.15, 0.2) is 0 Å². The molecule has 0 aliphatic heterocycles. The molecule has 0 unspecified atom stereocenters. The molecule has 0 spiro atoms. The summed E-state index contributed by atoms with van der Waals surface area (Å²) in [5.41, 5.74) is 0. The van der Waals surface area contributed by atoms with Gasteiger partial charge in [-0.1, -0.05) is 6.92 Å². The third-order valence-corrected chi connectivity index (χ3v) is 2.91. The van der Waals surface area contributed by atoms with Crippen LogP contribution in [-0.2, 0) is 10.2 Å². The second-order valence-corrected chi connectivity index (χ2v) is 4.29. The lowest BCUT2D eigenvalue weighted by Crippen LogP contribution is -2.31. The molecule has 0 amide bonds. The minimum atomic E-state index is -4.20. The Morgan fingerprint density at radius 2 is 1.89 bits per heavy atom. The van der Waals surface area contributed by atoms with E-state index in [-0.39, 0.29) is 0 Å². The van der Waals surface area contributed by atoms with E-state index < -0.39 is 15.5 Å². The zero-order chi connectivity index (χ0) is 7.07. The van der Waals surface area contributed by atoms with Crippen LogP contribution >= 0.6 is 0 Å². The molecule has 9 heavy (non-hydrogen) atoms. The van der Waals surface area contributed by atoms with E-state index in [4.69, 9.17) is 0 Å². The van der Waals surface area contributed by atoms with Gasteiger partial charge in [0.05, 0.1) is 5.25 Å². The van der Waals surface area contributed by atoms with E-state index in [1.54, 1.807) is 0 Å². The van der Waals surface area contributed by atoms with Crippen LogP contribution < -0.4 is 0 Å². The van der Waals surface area contributed by atoms with Crippen LogP contribution in [-0.4, -0.2) is 13.7 Å². The average Bonchev–Trinajstić information content (AvgIpc) is 1.55. The predicted octanol–water partition coefficient (Wildman–Crippen LogP) is 1.08. The first-order valence-electron chi connectivity index (χ1n) is 2.93. The minimum absolute atomic E-state index is 0.389. The van der Waals surface area contributed by atoms with E-state index in [1.807, 2.05) is 6.92 Å². The molecule has 0 N–H and O–H groups in total. The van der Waals surface area contributed by atoms with E-state index in [9.17, 15) is 12.3 Å². The molecule has 1 saturated carbocycles. The van der Waals surface area contributed by atoms with Crippen LogP contribution in [0, 0.1) is 5.92 Å². The molecule has 0 heterocycles. The summed E-state index contributed by atoms with van der Waals surface area (Å²) in [6, 6.07) is 0. The SMILES string of the molecule is CC1CC(S(=O)(=O)F)C1. The highest BCUT2D eigenvalue weighted by atomic mass is 32.3.